The van der Waals surface area contributed by atoms with Gasteiger partial charge in [0.25, 0.3) is 0 Å². The van der Waals surface area contributed by atoms with Crippen molar-refractivity contribution in [2.24, 2.45) is 5.92 Å². The Bertz CT molecular complexity index is 516. The van der Waals surface area contributed by atoms with E-state index in [0.29, 0.717) is 18.1 Å². The van der Waals surface area contributed by atoms with Gasteiger partial charge in [0.1, 0.15) is 5.82 Å². The van der Waals surface area contributed by atoms with Crippen LogP contribution in [0.3, 0.4) is 0 Å². The lowest BCUT2D eigenvalue weighted by Crippen LogP contribution is -2.21. The zero-order chi connectivity index (χ0) is 14.5. The topological polar surface area (TPSA) is 49.8 Å². The lowest BCUT2D eigenvalue weighted by atomic mass is 10.1. The zero-order valence-corrected chi connectivity index (χ0v) is 11.4. The number of nitrogens with zero attached hydrogens (tertiary/aromatic N) is 1. The average molecular weight is 279 g/mol. The Morgan fingerprint density at radius 1 is 1.60 bits per heavy atom. The first-order chi connectivity index (χ1) is 9.60. The number of carbonyl (C=O) groups is 1. The average Bonchev–Trinajstić information content (AvgIpc) is 2.85. The van der Waals surface area contributed by atoms with Crippen LogP contribution >= 0.6 is 0 Å². The van der Waals surface area contributed by atoms with Crippen molar-refractivity contribution in [1.82, 2.24) is 0 Å². The Morgan fingerprint density at radius 3 is 3.10 bits per heavy atom. The molecule has 1 atom stereocenters. The van der Waals surface area contributed by atoms with Crippen LogP contribution in [0, 0.1) is 11.7 Å². The van der Waals surface area contributed by atoms with Crippen LogP contribution in [0.25, 0.3) is 6.08 Å². The smallest absolute Gasteiger partial charge is 0.328 e. The summed E-state index contributed by atoms with van der Waals surface area (Å²) in [7, 11) is 1.68. The molecule has 0 amide bonds. The molecule has 1 saturated heterocycles. The Balaban J connectivity index is 2.21. The molecule has 0 spiro atoms. The van der Waals surface area contributed by atoms with Gasteiger partial charge >= 0.3 is 5.97 Å². The molecular formula is C15H18FNO3. The molecule has 1 fully saturated rings. The third-order valence-electron chi connectivity index (χ3n) is 3.42. The molecular weight excluding hydrogens is 261 g/mol. The van der Waals surface area contributed by atoms with Crippen LogP contribution in [-0.2, 0) is 9.53 Å². The van der Waals surface area contributed by atoms with E-state index in [1.807, 2.05) is 0 Å². The molecule has 1 aromatic carbocycles. The van der Waals surface area contributed by atoms with Gasteiger partial charge in [0.15, 0.2) is 0 Å². The number of methoxy groups -OCH3 is 1. The van der Waals surface area contributed by atoms with Gasteiger partial charge in [-0.25, -0.2) is 9.18 Å². The van der Waals surface area contributed by atoms with Crippen LogP contribution in [0.15, 0.2) is 24.3 Å². The molecule has 20 heavy (non-hydrogen) atoms. The second-order valence-corrected chi connectivity index (χ2v) is 4.93. The molecule has 1 N–H and O–H groups in total. The van der Waals surface area contributed by atoms with Gasteiger partial charge in [0.2, 0.25) is 0 Å². The normalized spacial score (nSPS) is 18.9. The molecule has 4 nitrogen and oxygen atoms in total. The van der Waals surface area contributed by atoms with E-state index in [4.69, 9.17) is 9.84 Å². The predicted molar refractivity (Wildman–Crippen MR) is 75.3 cm³/mol. The van der Waals surface area contributed by atoms with Crippen LogP contribution in [0.4, 0.5) is 10.1 Å². The van der Waals surface area contributed by atoms with Crippen LogP contribution in [0.1, 0.15) is 12.0 Å². The van der Waals surface area contributed by atoms with Crippen LogP contribution < -0.4 is 4.90 Å². The second-order valence-electron chi connectivity index (χ2n) is 4.93. The van der Waals surface area contributed by atoms with E-state index in [1.165, 1.54) is 18.2 Å². The highest BCUT2D eigenvalue weighted by atomic mass is 19.1. The highest BCUT2D eigenvalue weighted by Crippen LogP contribution is 2.28. The Hall–Kier alpha value is -1.88. The largest absolute Gasteiger partial charge is 0.478 e. The fourth-order valence-corrected chi connectivity index (χ4v) is 2.53. The molecule has 1 aliphatic rings. The SMILES string of the molecule is COCC1CCN(c2ccc(F)cc2C=CC(=O)O)C1. The van der Waals surface area contributed by atoms with Crippen molar-refractivity contribution in [3.05, 3.63) is 35.7 Å². The third kappa shape index (κ3) is 3.57. The summed E-state index contributed by atoms with van der Waals surface area (Å²) in [5.41, 5.74) is 1.45. The van der Waals surface area contributed by atoms with Crippen LogP contribution in [-0.4, -0.2) is 37.9 Å². The molecule has 1 unspecified atom stereocenters. The number of halogens is 1. The van der Waals surface area contributed by atoms with E-state index in [0.717, 1.165) is 31.3 Å². The second kappa shape index (κ2) is 6.52. The van der Waals surface area contributed by atoms with Crippen molar-refractivity contribution in [2.75, 3.05) is 31.7 Å². The van der Waals surface area contributed by atoms with Crippen molar-refractivity contribution < 1.29 is 19.0 Å². The summed E-state index contributed by atoms with van der Waals surface area (Å²) in [6, 6.07) is 4.46. The number of hydrogen-bond acceptors (Lipinski definition) is 3. The van der Waals surface area contributed by atoms with Crippen molar-refractivity contribution in [2.45, 2.75) is 6.42 Å². The number of hydrogen-bond donors (Lipinski definition) is 1. The first kappa shape index (κ1) is 14.5. The molecule has 0 radical (unpaired) electrons. The minimum absolute atomic E-state index is 0.369. The number of ether oxygens (including phenoxy) is 1. The summed E-state index contributed by atoms with van der Waals surface area (Å²) >= 11 is 0. The minimum Gasteiger partial charge on any atom is -0.478 e. The lowest BCUT2D eigenvalue weighted by Gasteiger charge is -2.21. The molecule has 0 aromatic heterocycles. The fraction of sp³-hybridized carbons (Fsp3) is 0.400. The van der Waals surface area contributed by atoms with Crippen molar-refractivity contribution in [1.29, 1.82) is 0 Å². The van der Waals surface area contributed by atoms with E-state index < -0.39 is 5.97 Å². The van der Waals surface area contributed by atoms with Crippen molar-refractivity contribution in [3.8, 4) is 0 Å². The standard InChI is InChI=1S/C15H18FNO3/c1-20-10-11-6-7-17(9-11)14-4-3-13(16)8-12(14)2-5-15(18)19/h2-5,8,11H,6-7,9-10H2,1H3,(H,18,19). The molecule has 1 aliphatic heterocycles. The number of aliphatic carboxylic acids is 1. The van der Waals surface area contributed by atoms with Gasteiger partial charge in [0, 0.05) is 43.4 Å². The first-order valence-electron chi connectivity index (χ1n) is 6.54. The van der Waals surface area contributed by atoms with E-state index in [9.17, 15) is 9.18 Å². The monoisotopic (exact) mass is 279 g/mol. The summed E-state index contributed by atoms with van der Waals surface area (Å²) in [5.74, 6) is -0.952. The summed E-state index contributed by atoms with van der Waals surface area (Å²) in [6.07, 6.45) is 3.48. The van der Waals surface area contributed by atoms with E-state index >= 15 is 0 Å². The minimum atomic E-state index is -1.04. The fourth-order valence-electron chi connectivity index (χ4n) is 2.53. The Labute approximate surface area is 117 Å². The quantitative estimate of drug-likeness (QED) is 0.841. The Kier molecular flexibility index (Phi) is 4.74. The molecule has 0 aliphatic carbocycles. The highest BCUT2D eigenvalue weighted by Gasteiger charge is 2.23. The third-order valence-corrected chi connectivity index (χ3v) is 3.42. The summed E-state index contributed by atoms with van der Waals surface area (Å²) < 4.78 is 18.5. The van der Waals surface area contributed by atoms with Crippen molar-refractivity contribution >= 4 is 17.7 Å². The highest BCUT2D eigenvalue weighted by molar-refractivity contribution is 5.87. The molecule has 108 valence electrons. The van der Waals surface area contributed by atoms with Gasteiger partial charge in [-0.2, -0.15) is 0 Å². The van der Waals surface area contributed by atoms with E-state index in [2.05, 4.69) is 4.90 Å². The number of benzene rings is 1. The van der Waals surface area contributed by atoms with Gasteiger partial charge in [-0.1, -0.05) is 0 Å². The summed E-state index contributed by atoms with van der Waals surface area (Å²) in [4.78, 5) is 12.8. The summed E-state index contributed by atoms with van der Waals surface area (Å²) in [5, 5.41) is 8.70. The number of rotatable bonds is 5. The molecule has 1 heterocycles. The Morgan fingerprint density at radius 2 is 2.40 bits per heavy atom. The lowest BCUT2D eigenvalue weighted by molar-refractivity contribution is -0.131. The molecule has 5 heteroatoms. The number of carboxylic acids is 1. The first-order valence-corrected chi connectivity index (χ1v) is 6.54. The molecule has 0 saturated carbocycles. The van der Waals surface area contributed by atoms with Crippen LogP contribution in [0.2, 0.25) is 0 Å². The van der Waals surface area contributed by atoms with E-state index in [1.54, 1.807) is 13.2 Å². The van der Waals surface area contributed by atoms with Gasteiger partial charge in [-0.3, -0.25) is 0 Å². The van der Waals surface area contributed by atoms with Gasteiger partial charge in [-0.15, -0.1) is 0 Å². The molecule has 2 rings (SSSR count). The molecule has 1 aromatic rings. The van der Waals surface area contributed by atoms with Crippen molar-refractivity contribution in [3.63, 3.8) is 0 Å². The molecule has 0 bridgehead atoms. The van der Waals surface area contributed by atoms with Gasteiger partial charge in [0.05, 0.1) is 6.61 Å². The van der Waals surface area contributed by atoms with Gasteiger partial charge in [-0.05, 0) is 30.7 Å². The van der Waals surface area contributed by atoms with Gasteiger partial charge < -0.3 is 14.7 Å². The van der Waals surface area contributed by atoms with E-state index in [-0.39, 0.29) is 5.82 Å². The maximum atomic E-state index is 13.3. The maximum absolute atomic E-state index is 13.3. The summed E-state index contributed by atoms with van der Waals surface area (Å²) in [6.45, 7) is 2.42. The maximum Gasteiger partial charge on any atom is 0.328 e. The van der Waals surface area contributed by atoms with Crippen LogP contribution in [0.5, 0.6) is 0 Å². The predicted octanol–water partition coefficient (Wildman–Crippen LogP) is 2.40. The number of anilines is 1. The zero-order valence-electron chi connectivity index (χ0n) is 11.4. The number of carboxylic acid groups (broad SMARTS) is 1.